The van der Waals surface area contributed by atoms with Gasteiger partial charge in [0, 0.05) is 13.6 Å². The highest BCUT2D eigenvalue weighted by molar-refractivity contribution is 5.99. The molecular weight excluding hydrogens is 244 g/mol. The van der Waals surface area contributed by atoms with Crippen LogP contribution in [-0.2, 0) is 0 Å². The minimum atomic E-state index is -1.05. The Morgan fingerprint density at radius 1 is 1.42 bits per heavy atom. The summed E-state index contributed by atoms with van der Waals surface area (Å²) in [7, 11) is 1.73. The highest BCUT2D eigenvalue weighted by Crippen LogP contribution is 2.38. The third kappa shape index (κ3) is 3.24. The smallest absolute Gasteiger partial charge is 0.337 e. The zero-order valence-corrected chi connectivity index (χ0v) is 11.1. The van der Waals surface area contributed by atoms with Crippen molar-refractivity contribution in [1.82, 2.24) is 4.90 Å². The molecule has 1 aliphatic rings. The minimum Gasteiger partial charge on any atom is -0.478 e. The Morgan fingerprint density at radius 2 is 2.05 bits per heavy atom. The number of carboxylic acids is 1. The van der Waals surface area contributed by atoms with Gasteiger partial charge in [0.1, 0.15) is 0 Å². The molecule has 2 amide bonds. The van der Waals surface area contributed by atoms with Crippen LogP contribution in [0.5, 0.6) is 0 Å². The summed E-state index contributed by atoms with van der Waals surface area (Å²) in [5.41, 5.74) is 0.430. The topological polar surface area (TPSA) is 69.6 Å². The van der Waals surface area contributed by atoms with Gasteiger partial charge in [-0.05, 0) is 30.4 Å². The van der Waals surface area contributed by atoms with Gasteiger partial charge in [-0.3, -0.25) is 0 Å². The summed E-state index contributed by atoms with van der Waals surface area (Å²) in [5, 5.41) is 11.7. The van der Waals surface area contributed by atoms with E-state index in [-0.39, 0.29) is 11.6 Å². The maximum atomic E-state index is 12.0. The van der Waals surface area contributed by atoms with Crippen LogP contribution >= 0.6 is 0 Å². The Kier molecular flexibility index (Phi) is 3.74. The lowest BCUT2D eigenvalue weighted by molar-refractivity contribution is 0.0698. The third-order valence-electron chi connectivity index (χ3n) is 3.53. The molecule has 2 atom stereocenters. The van der Waals surface area contributed by atoms with Crippen LogP contribution in [0.15, 0.2) is 24.3 Å². The second-order valence-electron chi connectivity index (χ2n) is 5.13. The zero-order chi connectivity index (χ0) is 14.0. The molecule has 0 heterocycles. The number of aromatic carboxylic acids is 1. The van der Waals surface area contributed by atoms with E-state index in [0.717, 1.165) is 6.42 Å². The number of carboxylic acid groups (broad SMARTS) is 1. The molecule has 19 heavy (non-hydrogen) atoms. The molecule has 2 N–H and O–H groups in total. The molecule has 0 bridgehead atoms. The van der Waals surface area contributed by atoms with Crippen molar-refractivity contribution in [2.45, 2.75) is 13.3 Å². The number of anilines is 1. The summed E-state index contributed by atoms with van der Waals surface area (Å²) in [4.78, 5) is 24.6. The molecule has 5 nitrogen and oxygen atoms in total. The lowest BCUT2D eigenvalue weighted by Gasteiger charge is -2.18. The van der Waals surface area contributed by atoms with Crippen LogP contribution in [0, 0.1) is 11.8 Å². The van der Waals surface area contributed by atoms with Gasteiger partial charge in [0.05, 0.1) is 11.3 Å². The first-order valence-corrected chi connectivity index (χ1v) is 6.33. The predicted octanol–water partition coefficient (Wildman–Crippen LogP) is 2.50. The Labute approximate surface area is 112 Å². The Bertz CT molecular complexity index is 501. The van der Waals surface area contributed by atoms with E-state index in [9.17, 15) is 9.59 Å². The molecule has 0 aromatic heterocycles. The van der Waals surface area contributed by atoms with Gasteiger partial charge in [0.2, 0.25) is 0 Å². The molecule has 1 aliphatic carbocycles. The number of nitrogens with zero attached hydrogens (tertiary/aromatic N) is 1. The molecule has 1 saturated carbocycles. The molecular formula is C14H18N2O3. The molecule has 102 valence electrons. The largest absolute Gasteiger partial charge is 0.478 e. The number of benzene rings is 1. The van der Waals surface area contributed by atoms with Crippen LogP contribution in [-0.4, -0.2) is 35.6 Å². The first-order valence-electron chi connectivity index (χ1n) is 6.33. The molecule has 5 heteroatoms. The molecule has 0 aliphatic heterocycles. The lowest BCUT2D eigenvalue weighted by Crippen LogP contribution is -2.33. The first-order chi connectivity index (χ1) is 8.99. The van der Waals surface area contributed by atoms with Crippen molar-refractivity contribution in [3.05, 3.63) is 29.8 Å². The Balaban J connectivity index is 2.00. The molecule has 2 unspecified atom stereocenters. The van der Waals surface area contributed by atoms with Gasteiger partial charge in [-0.25, -0.2) is 9.59 Å². The van der Waals surface area contributed by atoms with Gasteiger partial charge in [0.15, 0.2) is 0 Å². The van der Waals surface area contributed by atoms with Crippen molar-refractivity contribution in [3.63, 3.8) is 0 Å². The van der Waals surface area contributed by atoms with Crippen LogP contribution in [0.4, 0.5) is 10.5 Å². The number of rotatable bonds is 4. The van der Waals surface area contributed by atoms with Crippen LogP contribution in [0.2, 0.25) is 0 Å². The summed E-state index contributed by atoms with van der Waals surface area (Å²) >= 11 is 0. The fourth-order valence-corrected chi connectivity index (χ4v) is 2.08. The van der Waals surface area contributed by atoms with Crippen molar-refractivity contribution in [1.29, 1.82) is 0 Å². The third-order valence-corrected chi connectivity index (χ3v) is 3.53. The van der Waals surface area contributed by atoms with E-state index >= 15 is 0 Å². The van der Waals surface area contributed by atoms with Crippen LogP contribution < -0.4 is 5.32 Å². The number of carbonyl (C=O) groups excluding carboxylic acids is 1. The van der Waals surface area contributed by atoms with Gasteiger partial charge < -0.3 is 15.3 Å². The lowest BCUT2D eigenvalue weighted by atomic mass is 10.2. The zero-order valence-electron chi connectivity index (χ0n) is 11.1. The second-order valence-corrected chi connectivity index (χ2v) is 5.13. The summed E-state index contributed by atoms with van der Waals surface area (Å²) < 4.78 is 0. The SMILES string of the molecule is CC1CC1CN(C)C(=O)Nc1ccccc1C(=O)O. The quantitative estimate of drug-likeness (QED) is 0.875. The number of nitrogens with one attached hydrogen (secondary N) is 1. The van der Waals surface area contributed by atoms with Crippen molar-refractivity contribution < 1.29 is 14.7 Å². The minimum absolute atomic E-state index is 0.101. The van der Waals surface area contributed by atoms with Gasteiger partial charge in [-0.15, -0.1) is 0 Å². The summed E-state index contributed by atoms with van der Waals surface area (Å²) in [5.74, 6) is 0.210. The van der Waals surface area contributed by atoms with Crippen LogP contribution in [0.25, 0.3) is 0 Å². The molecule has 1 aromatic carbocycles. The maximum absolute atomic E-state index is 12.0. The monoisotopic (exact) mass is 262 g/mol. The average Bonchev–Trinajstić information content (AvgIpc) is 3.05. The Hall–Kier alpha value is -2.04. The van der Waals surface area contributed by atoms with Crippen LogP contribution in [0.3, 0.4) is 0 Å². The van der Waals surface area contributed by atoms with E-state index in [1.54, 1.807) is 30.1 Å². The molecule has 0 radical (unpaired) electrons. The fraction of sp³-hybridized carbons (Fsp3) is 0.429. The van der Waals surface area contributed by atoms with Gasteiger partial charge in [-0.2, -0.15) is 0 Å². The van der Waals surface area contributed by atoms with Crippen LogP contribution in [0.1, 0.15) is 23.7 Å². The van der Waals surface area contributed by atoms with Crippen molar-refractivity contribution in [3.8, 4) is 0 Å². The van der Waals surface area contributed by atoms with Crippen molar-refractivity contribution in [2.24, 2.45) is 11.8 Å². The number of hydrogen-bond acceptors (Lipinski definition) is 2. The molecule has 1 aromatic rings. The first kappa shape index (κ1) is 13.4. The number of para-hydroxylation sites is 1. The van der Waals surface area contributed by atoms with Gasteiger partial charge in [-0.1, -0.05) is 19.1 Å². The maximum Gasteiger partial charge on any atom is 0.337 e. The fourth-order valence-electron chi connectivity index (χ4n) is 2.08. The molecule has 2 rings (SSSR count). The number of amides is 2. The standard InChI is InChI=1S/C14H18N2O3/c1-9-7-10(9)8-16(2)14(19)15-12-6-4-3-5-11(12)13(17)18/h3-6,9-10H,7-8H2,1-2H3,(H,15,19)(H,17,18). The predicted molar refractivity (Wildman–Crippen MR) is 72.3 cm³/mol. The molecule has 0 saturated heterocycles. The average molecular weight is 262 g/mol. The summed E-state index contributed by atoms with van der Waals surface area (Å²) in [6.45, 7) is 2.87. The van der Waals surface area contributed by atoms with E-state index in [1.165, 1.54) is 6.07 Å². The number of urea groups is 1. The van der Waals surface area contributed by atoms with E-state index in [1.807, 2.05) is 0 Å². The van der Waals surface area contributed by atoms with Crippen molar-refractivity contribution >= 4 is 17.7 Å². The molecule has 0 spiro atoms. The van der Waals surface area contributed by atoms with Gasteiger partial charge >= 0.3 is 12.0 Å². The van der Waals surface area contributed by atoms with Gasteiger partial charge in [0.25, 0.3) is 0 Å². The van der Waals surface area contributed by atoms with Crippen molar-refractivity contribution in [2.75, 3.05) is 18.9 Å². The Morgan fingerprint density at radius 3 is 2.63 bits per heavy atom. The number of hydrogen-bond donors (Lipinski definition) is 2. The highest BCUT2D eigenvalue weighted by Gasteiger charge is 2.34. The van der Waals surface area contributed by atoms with E-state index in [0.29, 0.717) is 24.1 Å². The summed E-state index contributed by atoms with van der Waals surface area (Å²) in [6.07, 6.45) is 1.16. The molecule has 1 fully saturated rings. The highest BCUT2D eigenvalue weighted by atomic mass is 16.4. The summed E-state index contributed by atoms with van der Waals surface area (Å²) in [6, 6.07) is 6.13. The number of carbonyl (C=O) groups is 2. The normalized spacial score (nSPS) is 20.7. The van der Waals surface area contributed by atoms with E-state index in [2.05, 4.69) is 12.2 Å². The second kappa shape index (κ2) is 5.30. The van der Waals surface area contributed by atoms with E-state index < -0.39 is 5.97 Å². The van der Waals surface area contributed by atoms with E-state index in [4.69, 9.17) is 5.11 Å².